The Balaban J connectivity index is 1.78. The molecule has 164 valence electrons. The number of hydrogen-bond donors (Lipinski definition) is 1. The van der Waals surface area contributed by atoms with Gasteiger partial charge in [-0.25, -0.2) is 4.79 Å². The third kappa shape index (κ3) is 4.58. The molecule has 0 saturated carbocycles. The minimum absolute atomic E-state index is 0.0217. The lowest BCUT2D eigenvalue weighted by atomic mass is 9.81. The molecule has 4 rings (SSSR count). The number of carbonyl (C=O) groups excluding carboxylic acids is 1. The van der Waals surface area contributed by atoms with Crippen LogP contribution in [0.25, 0.3) is 5.57 Å². The second kappa shape index (κ2) is 9.37. The molecule has 5 heteroatoms. The number of fused-ring (bicyclic) bond motifs is 1. The van der Waals surface area contributed by atoms with Crippen LogP contribution in [0.1, 0.15) is 31.4 Å². The quantitative estimate of drug-likeness (QED) is 0.683. The Morgan fingerprint density at radius 1 is 1.09 bits per heavy atom. The minimum Gasteiger partial charge on any atom is -0.477 e. The zero-order valence-corrected chi connectivity index (χ0v) is 18.3. The summed E-state index contributed by atoms with van der Waals surface area (Å²) in [6.45, 7) is 4.96. The number of ether oxygens (including phenoxy) is 1. The highest BCUT2D eigenvalue weighted by Crippen LogP contribution is 2.41. The molecule has 1 aliphatic carbocycles. The Labute approximate surface area is 188 Å². The molecule has 1 unspecified atom stereocenters. The van der Waals surface area contributed by atoms with Gasteiger partial charge in [-0.2, -0.15) is 0 Å². The Hall–Kier alpha value is -3.44. The van der Waals surface area contributed by atoms with Crippen LogP contribution in [-0.2, 0) is 20.9 Å². The molecule has 2 aromatic carbocycles. The largest absolute Gasteiger partial charge is 0.477 e. The van der Waals surface area contributed by atoms with Gasteiger partial charge in [0.25, 0.3) is 0 Å². The van der Waals surface area contributed by atoms with Crippen molar-refractivity contribution in [3.63, 3.8) is 0 Å². The predicted octanol–water partition coefficient (Wildman–Crippen LogP) is 4.82. The van der Waals surface area contributed by atoms with E-state index in [-0.39, 0.29) is 23.8 Å². The van der Waals surface area contributed by atoms with Gasteiger partial charge in [-0.1, -0.05) is 74.5 Å². The van der Waals surface area contributed by atoms with Gasteiger partial charge < -0.3 is 14.7 Å². The smallest absolute Gasteiger partial charge is 0.353 e. The van der Waals surface area contributed by atoms with Crippen molar-refractivity contribution >= 4 is 17.3 Å². The van der Waals surface area contributed by atoms with E-state index in [0.717, 1.165) is 22.3 Å². The van der Waals surface area contributed by atoms with Crippen LogP contribution in [0.2, 0.25) is 0 Å². The van der Waals surface area contributed by atoms with Crippen LogP contribution in [0.5, 0.6) is 0 Å². The van der Waals surface area contributed by atoms with E-state index in [2.05, 4.69) is 0 Å². The number of ketones is 1. The topological polar surface area (TPSA) is 66.8 Å². The van der Waals surface area contributed by atoms with Gasteiger partial charge >= 0.3 is 5.97 Å². The summed E-state index contributed by atoms with van der Waals surface area (Å²) in [4.78, 5) is 27.1. The van der Waals surface area contributed by atoms with Gasteiger partial charge in [0, 0.05) is 24.7 Å². The molecule has 0 radical (unpaired) electrons. The third-order valence-corrected chi connectivity index (χ3v) is 5.55. The van der Waals surface area contributed by atoms with Crippen LogP contribution in [0.15, 0.2) is 89.8 Å². The van der Waals surface area contributed by atoms with Crippen molar-refractivity contribution in [2.75, 3.05) is 6.54 Å². The SMILES string of the molecule is CC(C)CN1C=C2CC(=O)C(OCc3ccccc3)C=C2C(c2ccccc2)=C1C(=O)O. The summed E-state index contributed by atoms with van der Waals surface area (Å²) < 4.78 is 5.96. The van der Waals surface area contributed by atoms with Crippen LogP contribution in [-0.4, -0.2) is 34.4 Å². The summed E-state index contributed by atoms with van der Waals surface area (Å²) in [6.07, 6.45) is 3.11. The van der Waals surface area contributed by atoms with Gasteiger partial charge in [-0.3, -0.25) is 4.79 Å². The Morgan fingerprint density at radius 3 is 2.38 bits per heavy atom. The molecule has 0 fully saturated rings. The predicted molar refractivity (Wildman–Crippen MR) is 123 cm³/mol. The van der Waals surface area contributed by atoms with E-state index in [9.17, 15) is 14.7 Å². The van der Waals surface area contributed by atoms with Gasteiger partial charge in [0.05, 0.1) is 6.61 Å². The number of carbonyl (C=O) groups is 2. The number of rotatable bonds is 7. The second-order valence-corrected chi connectivity index (χ2v) is 8.54. The third-order valence-electron chi connectivity index (χ3n) is 5.55. The lowest BCUT2D eigenvalue weighted by molar-refractivity contribution is -0.134. The first-order valence-electron chi connectivity index (χ1n) is 10.8. The Morgan fingerprint density at radius 2 is 1.75 bits per heavy atom. The van der Waals surface area contributed by atoms with Crippen molar-refractivity contribution in [3.8, 4) is 0 Å². The molecule has 0 aromatic heterocycles. The molecule has 1 N–H and O–H groups in total. The highest BCUT2D eigenvalue weighted by atomic mass is 16.5. The average molecular weight is 430 g/mol. The van der Waals surface area contributed by atoms with Gasteiger partial charge in [0.1, 0.15) is 11.8 Å². The van der Waals surface area contributed by atoms with Gasteiger partial charge in [-0.15, -0.1) is 0 Å². The molecule has 2 aromatic rings. The molecule has 32 heavy (non-hydrogen) atoms. The summed E-state index contributed by atoms with van der Waals surface area (Å²) in [6, 6.07) is 19.2. The van der Waals surface area contributed by atoms with E-state index >= 15 is 0 Å². The van der Waals surface area contributed by atoms with E-state index in [1.807, 2.05) is 80.7 Å². The summed E-state index contributed by atoms with van der Waals surface area (Å²) in [5.74, 6) is -0.754. The maximum Gasteiger partial charge on any atom is 0.353 e. The standard InChI is InChI=1S/C27H27NO4/c1-18(2)15-28-16-21-13-23(29)24(32-17-19-9-5-3-6-10-19)14-22(21)25(26(28)27(30)31)20-11-7-4-8-12-20/h3-12,14,16,18,24H,13,15,17H2,1-2H3,(H,30,31). The molecule has 0 spiro atoms. The monoisotopic (exact) mass is 429 g/mol. The van der Waals surface area contributed by atoms with Crippen molar-refractivity contribution in [1.82, 2.24) is 4.90 Å². The Kier molecular flexibility index (Phi) is 6.37. The first-order valence-corrected chi connectivity index (χ1v) is 10.8. The van der Waals surface area contributed by atoms with Crippen LogP contribution in [0.4, 0.5) is 0 Å². The number of carboxylic acid groups (broad SMARTS) is 1. The fourth-order valence-corrected chi connectivity index (χ4v) is 4.18. The number of allylic oxidation sites excluding steroid dienone is 3. The highest BCUT2D eigenvalue weighted by molar-refractivity contribution is 6.05. The molecular weight excluding hydrogens is 402 g/mol. The van der Waals surface area contributed by atoms with E-state index in [1.54, 1.807) is 11.0 Å². The van der Waals surface area contributed by atoms with Crippen molar-refractivity contribution < 1.29 is 19.4 Å². The van der Waals surface area contributed by atoms with Gasteiger partial charge in [-0.05, 0) is 34.3 Å². The zero-order chi connectivity index (χ0) is 22.7. The van der Waals surface area contributed by atoms with Gasteiger partial charge in [0.2, 0.25) is 0 Å². The lowest BCUT2D eigenvalue weighted by Crippen LogP contribution is -2.35. The fourth-order valence-electron chi connectivity index (χ4n) is 4.18. The zero-order valence-electron chi connectivity index (χ0n) is 18.3. The van der Waals surface area contributed by atoms with Crippen molar-refractivity contribution in [1.29, 1.82) is 0 Å². The second-order valence-electron chi connectivity index (χ2n) is 8.54. The molecule has 0 bridgehead atoms. The maximum absolute atomic E-state index is 12.9. The normalized spacial score (nSPS) is 18.4. The molecule has 0 amide bonds. The summed E-state index contributed by atoms with van der Waals surface area (Å²) in [5.41, 5.74) is 4.27. The molecule has 5 nitrogen and oxygen atoms in total. The number of nitrogens with zero attached hydrogens (tertiary/aromatic N) is 1. The number of hydrogen-bond acceptors (Lipinski definition) is 4. The summed E-state index contributed by atoms with van der Waals surface area (Å²) in [7, 11) is 0. The number of carboxylic acids is 1. The van der Waals surface area contributed by atoms with Crippen LogP contribution in [0, 0.1) is 5.92 Å². The highest BCUT2D eigenvalue weighted by Gasteiger charge is 2.35. The van der Waals surface area contributed by atoms with E-state index in [1.165, 1.54) is 0 Å². The first kappa shape index (κ1) is 21.8. The number of benzene rings is 2. The fraction of sp³-hybridized carbons (Fsp3) is 0.259. The molecule has 1 aliphatic heterocycles. The Bertz CT molecular complexity index is 1100. The molecule has 1 atom stereocenters. The number of Topliss-reactive ketones (excluding diaryl/α,β-unsaturated/α-hetero) is 1. The van der Waals surface area contributed by atoms with Crippen LogP contribution >= 0.6 is 0 Å². The molecule has 1 heterocycles. The summed E-state index contributed by atoms with van der Waals surface area (Å²) >= 11 is 0. The molecule has 2 aliphatic rings. The van der Waals surface area contributed by atoms with Gasteiger partial charge in [0.15, 0.2) is 5.78 Å². The van der Waals surface area contributed by atoms with Crippen LogP contribution in [0.3, 0.4) is 0 Å². The number of aliphatic carboxylic acids is 1. The maximum atomic E-state index is 12.9. The van der Waals surface area contributed by atoms with E-state index < -0.39 is 12.1 Å². The lowest BCUT2D eigenvalue weighted by Gasteiger charge is -2.35. The van der Waals surface area contributed by atoms with Crippen molar-refractivity contribution in [2.45, 2.75) is 33.0 Å². The van der Waals surface area contributed by atoms with Crippen LogP contribution < -0.4 is 0 Å². The first-order chi connectivity index (χ1) is 15.4. The minimum atomic E-state index is -0.987. The molecule has 0 saturated heterocycles. The van der Waals surface area contributed by atoms with E-state index in [0.29, 0.717) is 18.7 Å². The summed E-state index contributed by atoms with van der Waals surface area (Å²) in [5, 5.41) is 10.2. The van der Waals surface area contributed by atoms with E-state index in [4.69, 9.17) is 4.74 Å². The van der Waals surface area contributed by atoms with Crippen molar-refractivity contribution in [3.05, 3.63) is 101 Å². The van der Waals surface area contributed by atoms with Crippen molar-refractivity contribution in [2.24, 2.45) is 5.92 Å². The average Bonchev–Trinajstić information content (AvgIpc) is 2.77. The molecular formula is C27H27NO4.